The molecule has 0 aliphatic carbocycles. The molecule has 1 aromatic rings. The van der Waals surface area contributed by atoms with Gasteiger partial charge >= 0.3 is 0 Å². The average molecular weight is 289 g/mol. The van der Waals surface area contributed by atoms with Gasteiger partial charge in [0.25, 0.3) is 0 Å². The maximum absolute atomic E-state index is 12.0. The number of hydrogen-bond acceptors (Lipinski definition) is 2. The molecule has 4 heteroatoms. The normalized spacial score (nSPS) is 19.6. The highest BCUT2D eigenvalue weighted by molar-refractivity contribution is 6.30. The molecule has 1 atom stereocenters. The van der Waals surface area contributed by atoms with Crippen molar-refractivity contribution >= 4 is 17.5 Å². The molecule has 1 N–H and O–H groups in total. The number of carbonyl (C=O) groups is 1. The van der Waals surface area contributed by atoms with Crippen LogP contribution >= 0.6 is 11.6 Å². The molecule has 1 amide bonds. The minimum atomic E-state index is -0.272. The van der Waals surface area contributed by atoms with Gasteiger partial charge in [-0.25, -0.2) is 0 Å². The quantitative estimate of drug-likeness (QED) is 0.855. The van der Waals surface area contributed by atoms with Crippen molar-refractivity contribution in [2.45, 2.75) is 33.1 Å². The van der Waals surface area contributed by atoms with Crippen molar-refractivity contribution < 1.29 is 4.79 Å². The Balaban J connectivity index is 2.54. The Morgan fingerprint density at radius 3 is 2.40 bits per heavy atom. The fraction of sp³-hybridized carbons (Fsp3) is 0.375. The van der Waals surface area contributed by atoms with Crippen LogP contribution in [-0.4, -0.2) is 5.91 Å². The summed E-state index contributed by atoms with van der Waals surface area (Å²) >= 11 is 5.89. The van der Waals surface area contributed by atoms with E-state index in [1.807, 2.05) is 32.9 Å². The molecular weight excluding hydrogens is 272 g/mol. The van der Waals surface area contributed by atoms with E-state index in [0.29, 0.717) is 17.0 Å². The third-order valence-electron chi connectivity index (χ3n) is 3.41. The Hall–Kier alpha value is -1.79. The van der Waals surface area contributed by atoms with Crippen molar-refractivity contribution in [1.29, 1.82) is 5.26 Å². The SMILES string of the molecule is CC(C)(C)C1=C(C#N)[C@@H](c2ccc(Cl)cc2)CC(=O)N1. The standard InChI is InChI=1S/C16H17ClN2O/c1-16(2,3)15-13(9-18)12(8-14(20)19-15)10-4-6-11(17)7-5-10/h4-7,12H,8H2,1-3H3,(H,19,20)/t12-/m1/s1. The topological polar surface area (TPSA) is 52.9 Å². The maximum atomic E-state index is 12.0. The summed E-state index contributed by atoms with van der Waals surface area (Å²) in [6, 6.07) is 9.61. The van der Waals surface area contributed by atoms with E-state index in [4.69, 9.17) is 11.6 Å². The van der Waals surface area contributed by atoms with Gasteiger partial charge in [0.15, 0.2) is 0 Å². The molecule has 0 fully saturated rings. The molecule has 0 aromatic heterocycles. The molecule has 0 radical (unpaired) electrons. The molecule has 0 saturated heterocycles. The molecule has 1 aromatic carbocycles. The zero-order valence-corrected chi connectivity index (χ0v) is 12.6. The summed E-state index contributed by atoms with van der Waals surface area (Å²) in [4.78, 5) is 12.0. The van der Waals surface area contributed by atoms with Crippen LogP contribution in [0.5, 0.6) is 0 Å². The second-order valence-corrected chi connectivity index (χ2v) is 6.44. The number of amides is 1. The molecule has 2 rings (SSSR count). The Kier molecular flexibility index (Phi) is 3.87. The number of allylic oxidation sites excluding steroid dienone is 2. The number of nitriles is 1. The van der Waals surface area contributed by atoms with Crippen LogP contribution in [0, 0.1) is 16.7 Å². The Morgan fingerprint density at radius 2 is 1.90 bits per heavy atom. The summed E-state index contributed by atoms with van der Waals surface area (Å²) in [5.41, 5.74) is 2.03. The lowest BCUT2D eigenvalue weighted by Crippen LogP contribution is -2.37. The van der Waals surface area contributed by atoms with Crippen LogP contribution in [0.15, 0.2) is 35.5 Å². The molecule has 1 heterocycles. The summed E-state index contributed by atoms with van der Waals surface area (Å²) in [6.07, 6.45) is 0.296. The van der Waals surface area contributed by atoms with Gasteiger partial charge in [-0.2, -0.15) is 5.26 Å². The first-order valence-electron chi connectivity index (χ1n) is 6.53. The van der Waals surface area contributed by atoms with Gasteiger partial charge in [-0.15, -0.1) is 0 Å². The van der Waals surface area contributed by atoms with Crippen LogP contribution in [0.2, 0.25) is 5.02 Å². The first kappa shape index (κ1) is 14.6. The van der Waals surface area contributed by atoms with E-state index >= 15 is 0 Å². The van der Waals surface area contributed by atoms with Gasteiger partial charge in [-0.3, -0.25) is 4.79 Å². The van der Waals surface area contributed by atoms with E-state index in [1.165, 1.54) is 0 Å². The highest BCUT2D eigenvalue weighted by atomic mass is 35.5. The minimum Gasteiger partial charge on any atom is -0.328 e. The highest BCUT2D eigenvalue weighted by Gasteiger charge is 2.34. The van der Waals surface area contributed by atoms with Crippen molar-refractivity contribution in [3.63, 3.8) is 0 Å². The van der Waals surface area contributed by atoms with E-state index in [-0.39, 0.29) is 17.2 Å². The van der Waals surface area contributed by atoms with Crippen LogP contribution in [0.1, 0.15) is 38.7 Å². The molecular formula is C16H17ClN2O. The van der Waals surface area contributed by atoms with Crippen molar-refractivity contribution in [3.8, 4) is 6.07 Å². The summed E-state index contributed by atoms with van der Waals surface area (Å²) in [6.45, 7) is 5.97. The summed E-state index contributed by atoms with van der Waals surface area (Å²) in [5, 5.41) is 13.0. The summed E-state index contributed by atoms with van der Waals surface area (Å²) in [5.74, 6) is -0.242. The highest BCUT2D eigenvalue weighted by Crippen LogP contribution is 2.38. The van der Waals surface area contributed by atoms with Crippen molar-refractivity contribution in [3.05, 3.63) is 46.1 Å². The maximum Gasteiger partial charge on any atom is 0.225 e. The van der Waals surface area contributed by atoms with Crippen LogP contribution in [0.3, 0.4) is 0 Å². The third-order valence-corrected chi connectivity index (χ3v) is 3.67. The molecule has 0 bridgehead atoms. The number of halogens is 1. The Labute approximate surface area is 124 Å². The van der Waals surface area contributed by atoms with Gasteiger partial charge in [0, 0.05) is 28.5 Å². The fourth-order valence-corrected chi connectivity index (χ4v) is 2.55. The van der Waals surface area contributed by atoms with Crippen molar-refractivity contribution in [2.75, 3.05) is 0 Å². The van der Waals surface area contributed by atoms with E-state index in [0.717, 1.165) is 11.3 Å². The smallest absolute Gasteiger partial charge is 0.225 e. The van der Waals surface area contributed by atoms with Gasteiger partial charge < -0.3 is 5.32 Å². The van der Waals surface area contributed by atoms with Gasteiger partial charge in [-0.05, 0) is 17.7 Å². The van der Waals surface area contributed by atoms with E-state index in [1.54, 1.807) is 12.1 Å². The molecule has 20 heavy (non-hydrogen) atoms. The lowest BCUT2D eigenvalue weighted by Gasteiger charge is -2.32. The van der Waals surface area contributed by atoms with Gasteiger partial charge in [0.05, 0.1) is 11.6 Å². The number of nitrogens with zero attached hydrogens (tertiary/aromatic N) is 1. The number of rotatable bonds is 1. The Morgan fingerprint density at radius 1 is 1.30 bits per heavy atom. The summed E-state index contributed by atoms with van der Waals surface area (Å²) < 4.78 is 0. The fourth-order valence-electron chi connectivity index (χ4n) is 2.42. The number of carbonyl (C=O) groups excluding carboxylic acids is 1. The van der Waals surface area contributed by atoms with Crippen LogP contribution < -0.4 is 5.32 Å². The zero-order chi connectivity index (χ0) is 14.9. The van der Waals surface area contributed by atoms with Gasteiger partial charge in [-0.1, -0.05) is 44.5 Å². The average Bonchev–Trinajstić information content (AvgIpc) is 2.37. The number of hydrogen-bond donors (Lipinski definition) is 1. The predicted molar refractivity (Wildman–Crippen MR) is 79.0 cm³/mol. The summed E-state index contributed by atoms with van der Waals surface area (Å²) in [7, 11) is 0. The molecule has 0 saturated carbocycles. The molecule has 1 aliphatic heterocycles. The first-order chi connectivity index (χ1) is 9.32. The van der Waals surface area contributed by atoms with E-state index in [2.05, 4.69) is 11.4 Å². The predicted octanol–water partition coefficient (Wildman–Crippen LogP) is 3.77. The van der Waals surface area contributed by atoms with Crippen LogP contribution in [-0.2, 0) is 4.79 Å². The zero-order valence-electron chi connectivity index (χ0n) is 11.8. The van der Waals surface area contributed by atoms with Gasteiger partial charge in [0.2, 0.25) is 5.91 Å². The lowest BCUT2D eigenvalue weighted by molar-refractivity contribution is -0.121. The van der Waals surface area contributed by atoms with Crippen LogP contribution in [0.25, 0.3) is 0 Å². The van der Waals surface area contributed by atoms with Crippen molar-refractivity contribution in [2.24, 2.45) is 5.41 Å². The second kappa shape index (κ2) is 5.30. The Bertz CT molecular complexity index is 603. The number of benzene rings is 1. The molecule has 0 spiro atoms. The third kappa shape index (κ3) is 2.86. The monoisotopic (exact) mass is 288 g/mol. The second-order valence-electron chi connectivity index (χ2n) is 6.01. The van der Waals surface area contributed by atoms with Crippen molar-refractivity contribution in [1.82, 2.24) is 5.32 Å². The lowest BCUT2D eigenvalue weighted by atomic mass is 9.78. The number of nitrogens with one attached hydrogen (secondary N) is 1. The first-order valence-corrected chi connectivity index (χ1v) is 6.91. The largest absolute Gasteiger partial charge is 0.328 e. The minimum absolute atomic E-state index is 0.0473. The molecule has 0 unspecified atom stereocenters. The van der Waals surface area contributed by atoms with Crippen LogP contribution in [0.4, 0.5) is 0 Å². The molecule has 3 nitrogen and oxygen atoms in total. The van der Waals surface area contributed by atoms with E-state index in [9.17, 15) is 10.1 Å². The molecule has 104 valence electrons. The van der Waals surface area contributed by atoms with E-state index < -0.39 is 0 Å². The van der Waals surface area contributed by atoms with Gasteiger partial charge in [0.1, 0.15) is 0 Å². The molecule has 1 aliphatic rings.